The molecular formula is C14H27N3. The fraction of sp³-hybridized carbons (Fsp3) is 0.929. The largest absolute Gasteiger partial charge is 0.303 e. The van der Waals surface area contributed by atoms with Gasteiger partial charge in [-0.15, -0.1) is 0 Å². The lowest BCUT2D eigenvalue weighted by molar-refractivity contribution is 0.133. The van der Waals surface area contributed by atoms with E-state index in [4.69, 9.17) is 0 Å². The van der Waals surface area contributed by atoms with Crippen LogP contribution in [0, 0.1) is 17.2 Å². The highest BCUT2D eigenvalue weighted by Crippen LogP contribution is 2.30. The van der Waals surface area contributed by atoms with Crippen molar-refractivity contribution in [2.45, 2.75) is 57.5 Å². The monoisotopic (exact) mass is 237 g/mol. The standard InChI is InChI=1S/C14H27N3/c1-5-12(2)10-17(4)13-7-6-8-14(9-13,11-15)16-3/h12-13,16H,5-10H2,1-4H3. The van der Waals surface area contributed by atoms with E-state index >= 15 is 0 Å². The lowest BCUT2D eigenvalue weighted by atomic mass is 9.79. The van der Waals surface area contributed by atoms with Crippen molar-refractivity contribution in [2.24, 2.45) is 5.92 Å². The highest BCUT2D eigenvalue weighted by Gasteiger charge is 2.36. The average Bonchev–Trinajstić information content (AvgIpc) is 2.38. The Balaban J connectivity index is 2.57. The van der Waals surface area contributed by atoms with Gasteiger partial charge < -0.3 is 10.2 Å². The van der Waals surface area contributed by atoms with Gasteiger partial charge >= 0.3 is 0 Å². The highest BCUT2D eigenvalue weighted by atomic mass is 15.1. The highest BCUT2D eigenvalue weighted by molar-refractivity contribution is 5.10. The summed E-state index contributed by atoms with van der Waals surface area (Å²) in [6, 6.07) is 3.04. The molecule has 17 heavy (non-hydrogen) atoms. The van der Waals surface area contributed by atoms with E-state index in [-0.39, 0.29) is 5.54 Å². The van der Waals surface area contributed by atoms with Crippen molar-refractivity contribution < 1.29 is 0 Å². The maximum atomic E-state index is 9.34. The summed E-state index contributed by atoms with van der Waals surface area (Å²) in [6.07, 6.45) is 5.58. The molecule has 0 aromatic carbocycles. The lowest BCUT2D eigenvalue weighted by Gasteiger charge is -2.40. The molecule has 0 saturated heterocycles. The van der Waals surface area contributed by atoms with Crippen LogP contribution in [0.25, 0.3) is 0 Å². The van der Waals surface area contributed by atoms with Crippen molar-refractivity contribution in [1.82, 2.24) is 10.2 Å². The first-order valence-electron chi connectivity index (χ1n) is 6.87. The molecule has 0 spiro atoms. The third-order valence-electron chi connectivity index (χ3n) is 4.34. The first-order chi connectivity index (χ1) is 8.06. The van der Waals surface area contributed by atoms with Crippen molar-refractivity contribution in [1.29, 1.82) is 5.26 Å². The molecule has 98 valence electrons. The van der Waals surface area contributed by atoms with Gasteiger partial charge in [-0.3, -0.25) is 0 Å². The average molecular weight is 237 g/mol. The fourth-order valence-electron chi connectivity index (χ4n) is 2.78. The summed E-state index contributed by atoms with van der Waals surface area (Å²) in [5, 5.41) is 12.6. The SMILES string of the molecule is CCC(C)CN(C)C1CCCC(C#N)(NC)C1. The molecule has 3 unspecified atom stereocenters. The number of hydrogen-bond acceptors (Lipinski definition) is 3. The minimum atomic E-state index is -0.285. The van der Waals surface area contributed by atoms with Crippen molar-refractivity contribution in [3.05, 3.63) is 0 Å². The maximum Gasteiger partial charge on any atom is 0.108 e. The third-order valence-corrected chi connectivity index (χ3v) is 4.34. The Morgan fingerprint density at radius 3 is 2.82 bits per heavy atom. The van der Waals surface area contributed by atoms with Gasteiger partial charge in [0, 0.05) is 12.6 Å². The zero-order chi connectivity index (χ0) is 12.9. The Bertz CT molecular complexity index is 271. The molecule has 0 heterocycles. The molecule has 0 radical (unpaired) electrons. The van der Waals surface area contributed by atoms with Crippen molar-refractivity contribution in [2.75, 3.05) is 20.6 Å². The maximum absolute atomic E-state index is 9.34. The second-order valence-electron chi connectivity index (χ2n) is 5.65. The molecule has 0 bridgehead atoms. The second kappa shape index (κ2) is 6.37. The Morgan fingerprint density at radius 1 is 1.59 bits per heavy atom. The van der Waals surface area contributed by atoms with Crippen LogP contribution in [0.5, 0.6) is 0 Å². The predicted molar refractivity (Wildman–Crippen MR) is 71.7 cm³/mol. The zero-order valence-electron chi connectivity index (χ0n) is 11.8. The molecule has 3 atom stereocenters. The van der Waals surface area contributed by atoms with Crippen LogP contribution in [0.4, 0.5) is 0 Å². The molecule has 3 heteroatoms. The predicted octanol–water partition coefficient (Wildman–Crippen LogP) is 2.39. The molecule has 1 aliphatic rings. The van der Waals surface area contributed by atoms with E-state index in [1.54, 1.807) is 0 Å². The van der Waals surface area contributed by atoms with Gasteiger partial charge in [0.1, 0.15) is 5.54 Å². The summed E-state index contributed by atoms with van der Waals surface area (Å²) >= 11 is 0. The minimum absolute atomic E-state index is 0.285. The minimum Gasteiger partial charge on any atom is -0.303 e. The molecule has 0 aromatic heterocycles. The van der Waals surface area contributed by atoms with Crippen LogP contribution in [0.15, 0.2) is 0 Å². The lowest BCUT2D eigenvalue weighted by Crippen LogP contribution is -2.51. The summed E-state index contributed by atoms with van der Waals surface area (Å²) in [5.74, 6) is 0.744. The first kappa shape index (κ1) is 14.5. The molecule has 3 nitrogen and oxygen atoms in total. The van der Waals surface area contributed by atoms with Gasteiger partial charge in [-0.05, 0) is 45.7 Å². The summed E-state index contributed by atoms with van der Waals surface area (Å²) < 4.78 is 0. The summed E-state index contributed by atoms with van der Waals surface area (Å²) in [6.45, 7) is 5.69. The number of hydrogen-bond donors (Lipinski definition) is 1. The van der Waals surface area contributed by atoms with E-state index in [2.05, 4.69) is 37.2 Å². The molecule has 0 amide bonds. The van der Waals surface area contributed by atoms with Crippen LogP contribution in [0.1, 0.15) is 46.0 Å². The quantitative estimate of drug-likeness (QED) is 0.798. The van der Waals surface area contributed by atoms with Crippen LogP contribution >= 0.6 is 0 Å². The first-order valence-corrected chi connectivity index (χ1v) is 6.87. The second-order valence-corrected chi connectivity index (χ2v) is 5.65. The van der Waals surface area contributed by atoms with Gasteiger partial charge in [-0.1, -0.05) is 20.3 Å². The summed E-state index contributed by atoms with van der Waals surface area (Å²) in [7, 11) is 4.13. The van der Waals surface area contributed by atoms with Gasteiger partial charge in [0.15, 0.2) is 0 Å². The van der Waals surface area contributed by atoms with Crippen LogP contribution < -0.4 is 5.32 Å². The summed E-state index contributed by atoms with van der Waals surface area (Å²) in [4.78, 5) is 2.46. The van der Waals surface area contributed by atoms with E-state index in [9.17, 15) is 5.26 Å². The van der Waals surface area contributed by atoms with E-state index in [1.165, 1.54) is 12.8 Å². The van der Waals surface area contributed by atoms with E-state index in [1.807, 2.05) is 7.05 Å². The van der Waals surface area contributed by atoms with Crippen LogP contribution in [-0.4, -0.2) is 37.1 Å². The Kier molecular flexibility index (Phi) is 5.42. The number of nitrogens with one attached hydrogen (secondary N) is 1. The molecule has 1 fully saturated rings. The van der Waals surface area contributed by atoms with Gasteiger partial charge in [0.25, 0.3) is 0 Å². The third kappa shape index (κ3) is 3.69. The van der Waals surface area contributed by atoms with Gasteiger partial charge in [-0.2, -0.15) is 5.26 Å². The molecule has 0 aliphatic heterocycles. The number of nitrogens with zero attached hydrogens (tertiary/aromatic N) is 2. The van der Waals surface area contributed by atoms with E-state index < -0.39 is 0 Å². The molecule has 1 saturated carbocycles. The van der Waals surface area contributed by atoms with Gasteiger partial charge in [0.05, 0.1) is 6.07 Å². The smallest absolute Gasteiger partial charge is 0.108 e. The van der Waals surface area contributed by atoms with Gasteiger partial charge in [0.2, 0.25) is 0 Å². The van der Waals surface area contributed by atoms with Crippen LogP contribution in [0.2, 0.25) is 0 Å². The van der Waals surface area contributed by atoms with Gasteiger partial charge in [-0.25, -0.2) is 0 Å². The Hall–Kier alpha value is -0.590. The molecule has 1 rings (SSSR count). The van der Waals surface area contributed by atoms with Crippen molar-refractivity contribution >= 4 is 0 Å². The zero-order valence-corrected chi connectivity index (χ0v) is 11.8. The Morgan fingerprint density at radius 2 is 2.29 bits per heavy atom. The number of rotatable bonds is 5. The molecule has 1 N–H and O–H groups in total. The Labute approximate surface area is 106 Å². The van der Waals surface area contributed by atoms with E-state index in [0.29, 0.717) is 6.04 Å². The molecule has 1 aliphatic carbocycles. The molecular weight excluding hydrogens is 210 g/mol. The van der Waals surface area contributed by atoms with E-state index in [0.717, 1.165) is 31.7 Å². The fourth-order valence-corrected chi connectivity index (χ4v) is 2.78. The molecule has 0 aromatic rings. The van der Waals surface area contributed by atoms with Crippen molar-refractivity contribution in [3.8, 4) is 6.07 Å². The topological polar surface area (TPSA) is 39.1 Å². The normalized spacial score (nSPS) is 31.2. The number of nitriles is 1. The van der Waals surface area contributed by atoms with Crippen LogP contribution in [0.3, 0.4) is 0 Å². The van der Waals surface area contributed by atoms with Crippen molar-refractivity contribution in [3.63, 3.8) is 0 Å². The summed E-state index contributed by atoms with van der Waals surface area (Å²) in [5.41, 5.74) is -0.285. The van der Waals surface area contributed by atoms with Crippen LogP contribution in [-0.2, 0) is 0 Å².